The summed E-state index contributed by atoms with van der Waals surface area (Å²) in [5.41, 5.74) is 14.8. The maximum absolute atomic E-state index is 6.66. The van der Waals surface area contributed by atoms with Gasteiger partial charge in [-0.05, 0) is 68.6 Å². The molecule has 5 aromatic rings. The summed E-state index contributed by atoms with van der Waals surface area (Å²) in [6.45, 7) is 0. The van der Waals surface area contributed by atoms with E-state index in [4.69, 9.17) is 4.74 Å². The van der Waals surface area contributed by atoms with Crippen molar-refractivity contribution < 1.29 is 4.74 Å². The van der Waals surface area contributed by atoms with Crippen molar-refractivity contribution in [1.29, 1.82) is 0 Å². The summed E-state index contributed by atoms with van der Waals surface area (Å²) < 4.78 is 6.66. The lowest BCUT2D eigenvalue weighted by Crippen LogP contribution is -2.41. The molecule has 0 amide bonds. The van der Waals surface area contributed by atoms with Crippen molar-refractivity contribution >= 4 is 5.57 Å². The zero-order chi connectivity index (χ0) is 23.4. The number of para-hydroxylation sites is 1. The van der Waals surface area contributed by atoms with Crippen molar-refractivity contribution in [2.75, 3.05) is 0 Å². The van der Waals surface area contributed by atoms with Crippen LogP contribution in [0, 0.1) is 0 Å². The first-order chi connectivity index (χ1) is 17.8. The summed E-state index contributed by atoms with van der Waals surface area (Å²) in [7, 11) is 0. The van der Waals surface area contributed by atoms with E-state index in [9.17, 15) is 0 Å². The van der Waals surface area contributed by atoms with Crippen LogP contribution in [0.3, 0.4) is 0 Å². The summed E-state index contributed by atoms with van der Waals surface area (Å²) >= 11 is 0. The molecule has 2 unspecified atom stereocenters. The molecule has 1 heterocycles. The van der Waals surface area contributed by atoms with Gasteiger partial charge >= 0.3 is 0 Å². The highest BCUT2D eigenvalue weighted by Crippen LogP contribution is 2.65. The zero-order valence-electron chi connectivity index (χ0n) is 19.7. The lowest BCUT2D eigenvalue weighted by Gasteiger charge is -2.49. The second kappa shape index (κ2) is 6.44. The second-order valence-corrected chi connectivity index (χ2v) is 10.4. The Kier molecular flexibility index (Phi) is 3.38. The minimum atomic E-state index is -0.265. The fraction of sp³-hybridized carbons (Fsp3) is 0.0857. The fourth-order valence-electron chi connectivity index (χ4n) is 7.54. The van der Waals surface area contributed by atoms with Gasteiger partial charge in [0.1, 0.15) is 11.5 Å². The molecule has 1 heteroatoms. The van der Waals surface area contributed by atoms with Gasteiger partial charge in [0, 0.05) is 17.0 Å². The molecule has 0 saturated carbocycles. The summed E-state index contributed by atoms with van der Waals surface area (Å²) in [5.74, 6) is 2.23. The Balaban J connectivity index is 1.47. The lowest BCUT2D eigenvalue weighted by atomic mass is 9.54. The minimum Gasteiger partial charge on any atom is -0.457 e. The molecule has 1 aliphatic heterocycles. The molecule has 5 aromatic carbocycles. The normalized spacial score (nSPS) is 20.9. The van der Waals surface area contributed by atoms with Crippen LogP contribution in [0.25, 0.3) is 16.7 Å². The standard InChI is InChI=1S/C35H22O/c1-2-9-21(10-3-1)27-19-28-26-14-8-13-25-23-12-5-4-11-22(23)20-35(33(25)26)29-15-6-7-16-30(29)36-31-18-17-24(27)32(28)34(31)35/h1-19,27H,20H2. The summed E-state index contributed by atoms with van der Waals surface area (Å²) in [5, 5.41) is 0. The topological polar surface area (TPSA) is 9.23 Å². The Morgan fingerprint density at radius 1 is 0.611 bits per heavy atom. The largest absolute Gasteiger partial charge is 0.457 e. The van der Waals surface area contributed by atoms with Gasteiger partial charge in [-0.25, -0.2) is 0 Å². The number of benzene rings is 5. The fourth-order valence-corrected chi connectivity index (χ4v) is 7.54. The SMILES string of the molecule is C1=C2c3cccc4c3C3(Cc5ccccc5-4)c4ccccc4Oc4ccc(c2c43)C1c1ccccc1. The first-order valence-corrected chi connectivity index (χ1v) is 12.8. The molecule has 1 nitrogen and oxygen atoms in total. The van der Waals surface area contributed by atoms with Crippen LogP contribution in [0.4, 0.5) is 0 Å². The molecule has 3 aliphatic carbocycles. The lowest BCUT2D eigenvalue weighted by molar-refractivity contribution is 0.412. The van der Waals surface area contributed by atoms with Gasteiger partial charge in [0.15, 0.2) is 0 Å². The Hall–Kier alpha value is -4.36. The third-order valence-corrected chi connectivity index (χ3v) is 8.83. The first kappa shape index (κ1) is 18.9. The van der Waals surface area contributed by atoms with E-state index in [0.29, 0.717) is 0 Å². The van der Waals surface area contributed by atoms with E-state index in [-0.39, 0.29) is 11.3 Å². The van der Waals surface area contributed by atoms with Gasteiger partial charge in [0.05, 0.1) is 5.41 Å². The number of hydrogen-bond donors (Lipinski definition) is 0. The monoisotopic (exact) mass is 458 g/mol. The van der Waals surface area contributed by atoms with Gasteiger partial charge in [-0.1, -0.05) is 103 Å². The van der Waals surface area contributed by atoms with Gasteiger partial charge < -0.3 is 4.74 Å². The molecule has 0 N–H and O–H groups in total. The molecule has 4 aliphatic rings. The van der Waals surface area contributed by atoms with E-state index in [0.717, 1.165) is 17.9 Å². The van der Waals surface area contributed by atoms with Crippen LogP contribution in [0.5, 0.6) is 11.5 Å². The Bertz CT molecular complexity index is 1790. The molecule has 0 bridgehead atoms. The van der Waals surface area contributed by atoms with Crippen LogP contribution in [-0.2, 0) is 11.8 Å². The molecule has 1 spiro atoms. The molecule has 2 atom stereocenters. The van der Waals surface area contributed by atoms with E-state index in [1.165, 1.54) is 61.2 Å². The quantitative estimate of drug-likeness (QED) is 0.246. The van der Waals surface area contributed by atoms with Crippen LogP contribution in [-0.4, -0.2) is 0 Å². The van der Waals surface area contributed by atoms with Gasteiger partial charge in [0.25, 0.3) is 0 Å². The van der Waals surface area contributed by atoms with Crippen molar-refractivity contribution in [3.8, 4) is 22.6 Å². The minimum absolute atomic E-state index is 0.245. The first-order valence-electron chi connectivity index (χ1n) is 12.8. The highest BCUT2D eigenvalue weighted by atomic mass is 16.5. The molecule has 0 fully saturated rings. The predicted octanol–water partition coefficient (Wildman–Crippen LogP) is 8.24. The van der Waals surface area contributed by atoms with Crippen LogP contribution in [0.15, 0.2) is 115 Å². The predicted molar refractivity (Wildman–Crippen MR) is 144 cm³/mol. The highest BCUT2D eigenvalue weighted by molar-refractivity contribution is 6.00. The average Bonchev–Trinajstić information content (AvgIpc) is 3.33. The molecule has 0 saturated heterocycles. The van der Waals surface area contributed by atoms with Crippen LogP contribution in [0.1, 0.15) is 50.4 Å². The maximum Gasteiger partial charge on any atom is 0.132 e. The van der Waals surface area contributed by atoms with Gasteiger partial charge in [-0.2, -0.15) is 0 Å². The molecule has 0 aromatic heterocycles. The van der Waals surface area contributed by atoms with E-state index in [2.05, 4.69) is 115 Å². The average molecular weight is 459 g/mol. The van der Waals surface area contributed by atoms with Crippen LogP contribution < -0.4 is 4.74 Å². The summed E-state index contributed by atoms with van der Waals surface area (Å²) in [6.07, 6.45) is 3.45. The number of ether oxygens (including phenoxy) is 1. The second-order valence-electron chi connectivity index (χ2n) is 10.4. The van der Waals surface area contributed by atoms with E-state index in [1.807, 2.05) is 0 Å². The number of allylic oxidation sites excluding steroid dienone is 1. The maximum atomic E-state index is 6.66. The number of fused-ring (bicyclic) bond motifs is 4. The molecular weight excluding hydrogens is 436 g/mol. The summed E-state index contributed by atoms with van der Waals surface area (Å²) in [6, 6.07) is 40.1. The van der Waals surface area contributed by atoms with Crippen molar-refractivity contribution in [3.05, 3.63) is 160 Å². The molecule has 168 valence electrons. The Labute approximate surface area is 210 Å². The van der Waals surface area contributed by atoms with Gasteiger partial charge in [0.2, 0.25) is 0 Å². The Morgan fingerprint density at radius 3 is 2.33 bits per heavy atom. The van der Waals surface area contributed by atoms with Crippen molar-refractivity contribution in [2.24, 2.45) is 0 Å². The van der Waals surface area contributed by atoms with Gasteiger partial charge in [-0.3, -0.25) is 0 Å². The van der Waals surface area contributed by atoms with Crippen molar-refractivity contribution in [2.45, 2.75) is 17.8 Å². The number of rotatable bonds is 1. The summed E-state index contributed by atoms with van der Waals surface area (Å²) in [4.78, 5) is 0. The van der Waals surface area contributed by atoms with E-state index in [1.54, 1.807) is 0 Å². The van der Waals surface area contributed by atoms with Crippen LogP contribution in [0.2, 0.25) is 0 Å². The third kappa shape index (κ3) is 2.10. The van der Waals surface area contributed by atoms with Crippen LogP contribution >= 0.6 is 0 Å². The smallest absolute Gasteiger partial charge is 0.132 e. The molecule has 0 radical (unpaired) electrons. The van der Waals surface area contributed by atoms with E-state index < -0.39 is 0 Å². The number of hydrogen-bond acceptors (Lipinski definition) is 1. The highest BCUT2D eigenvalue weighted by Gasteiger charge is 2.54. The Morgan fingerprint density at radius 2 is 1.39 bits per heavy atom. The molecule has 36 heavy (non-hydrogen) atoms. The van der Waals surface area contributed by atoms with Crippen molar-refractivity contribution in [3.63, 3.8) is 0 Å². The molecule has 9 rings (SSSR count). The van der Waals surface area contributed by atoms with Crippen molar-refractivity contribution in [1.82, 2.24) is 0 Å². The van der Waals surface area contributed by atoms with Gasteiger partial charge in [-0.15, -0.1) is 0 Å². The third-order valence-electron chi connectivity index (χ3n) is 8.83. The zero-order valence-corrected chi connectivity index (χ0v) is 19.7. The van der Waals surface area contributed by atoms with E-state index >= 15 is 0 Å². The molecular formula is C35H22O.